The summed E-state index contributed by atoms with van der Waals surface area (Å²) in [6.07, 6.45) is 0.902. The van der Waals surface area contributed by atoms with Crippen LogP contribution in [-0.2, 0) is 4.74 Å². The second-order valence-corrected chi connectivity index (χ2v) is 3.96. The third-order valence-corrected chi connectivity index (χ3v) is 2.75. The maximum Gasteiger partial charge on any atom is 0.117 e. The van der Waals surface area contributed by atoms with Gasteiger partial charge in [0.25, 0.3) is 0 Å². The zero-order valence-electron chi connectivity index (χ0n) is 8.57. The molecule has 1 aliphatic rings. The number of hydrogen-bond donors (Lipinski definition) is 3. The minimum atomic E-state index is -0.173. The molecule has 82 valence electrons. The first-order chi connectivity index (χ1) is 7.24. The number of rotatable bonds is 3. The van der Waals surface area contributed by atoms with E-state index in [9.17, 15) is 5.11 Å². The standard InChI is InChI=1S/C11H16N2O2/c12-7-11(4-5-15-8-11)13-9-2-1-3-10(14)6-9/h1-3,6,13-14H,4-5,7-8,12H2. The minimum absolute atomic E-state index is 0.173. The molecule has 0 aliphatic carbocycles. The van der Waals surface area contributed by atoms with Crippen LogP contribution in [0.25, 0.3) is 0 Å². The Balaban J connectivity index is 2.12. The lowest BCUT2D eigenvalue weighted by molar-refractivity contribution is 0.183. The van der Waals surface area contributed by atoms with Crippen LogP contribution in [0.1, 0.15) is 6.42 Å². The van der Waals surface area contributed by atoms with Gasteiger partial charge in [-0.1, -0.05) is 6.07 Å². The molecule has 0 saturated carbocycles. The summed E-state index contributed by atoms with van der Waals surface area (Å²) >= 11 is 0. The van der Waals surface area contributed by atoms with Gasteiger partial charge in [-0.2, -0.15) is 0 Å². The van der Waals surface area contributed by atoms with Crippen LogP contribution in [0.4, 0.5) is 5.69 Å². The molecule has 0 radical (unpaired) electrons. The molecule has 4 N–H and O–H groups in total. The second-order valence-electron chi connectivity index (χ2n) is 3.96. The number of phenolic OH excluding ortho intramolecular Hbond substituents is 1. The molecule has 1 aromatic rings. The second kappa shape index (κ2) is 4.08. The van der Waals surface area contributed by atoms with Gasteiger partial charge in [-0.3, -0.25) is 0 Å². The fraction of sp³-hybridized carbons (Fsp3) is 0.455. The maximum absolute atomic E-state index is 9.34. The van der Waals surface area contributed by atoms with Crippen LogP contribution in [0, 0.1) is 0 Å². The van der Waals surface area contributed by atoms with Gasteiger partial charge in [-0.05, 0) is 18.6 Å². The maximum atomic E-state index is 9.34. The number of benzene rings is 1. The summed E-state index contributed by atoms with van der Waals surface area (Å²) in [6.45, 7) is 1.89. The zero-order chi connectivity index (χ0) is 10.7. The van der Waals surface area contributed by atoms with E-state index < -0.39 is 0 Å². The Morgan fingerprint density at radius 1 is 1.53 bits per heavy atom. The Bertz CT molecular complexity index is 335. The third kappa shape index (κ3) is 2.22. The SMILES string of the molecule is NCC1(Nc2cccc(O)c2)CCOC1. The van der Waals surface area contributed by atoms with Crippen molar-refractivity contribution in [1.29, 1.82) is 0 Å². The van der Waals surface area contributed by atoms with Crippen LogP contribution >= 0.6 is 0 Å². The Morgan fingerprint density at radius 2 is 2.40 bits per heavy atom. The molecule has 4 nitrogen and oxygen atoms in total. The topological polar surface area (TPSA) is 67.5 Å². The lowest BCUT2D eigenvalue weighted by Gasteiger charge is -2.28. The van der Waals surface area contributed by atoms with E-state index in [2.05, 4.69) is 5.32 Å². The molecule has 1 unspecified atom stereocenters. The number of hydrogen-bond acceptors (Lipinski definition) is 4. The van der Waals surface area contributed by atoms with Gasteiger partial charge in [-0.15, -0.1) is 0 Å². The van der Waals surface area contributed by atoms with E-state index in [1.165, 1.54) is 0 Å². The average molecular weight is 208 g/mol. The molecule has 1 fully saturated rings. The molecule has 0 spiro atoms. The molecular formula is C11H16N2O2. The molecule has 1 atom stereocenters. The van der Waals surface area contributed by atoms with Crippen molar-refractivity contribution in [3.63, 3.8) is 0 Å². The molecule has 1 aliphatic heterocycles. The van der Waals surface area contributed by atoms with Crippen LogP contribution in [-0.4, -0.2) is 30.4 Å². The van der Waals surface area contributed by atoms with Gasteiger partial charge in [0.1, 0.15) is 5.75 Å². The van der Waals surface area contributed by atoms with Gasteiger partial charge in [0.15, 0.2) is 0 Å². The van der Waals surface area contributed by atoms with Gasteiger partial charge < -0.3 is 20.9 Å². The number of anilines is 1. The van der Waals surface area contributed by atoms with Crippen molar-refractivity contribution < 1.29 is 9.84 Å². The van der Waals surface area contributed by atoms with Crippen LogP contribution in [0.2, 0.25) is 0 Å². The largest absolute Gasteiger partial charge is 0.508 e. The van der Waals surface area contributed by atoms with Crippen LogP contribution in [0.15, 0.2) is 24.3 Å². The van der Waals surface area contributed by atoms with Crippen LogP contribution in [0.5, 0.6) is 5.75 Å². The van der Waals surface area contributed by atoms with Gasteiger partial charge in [0.2, 0.25) is 0 Å². The highest BCUT2D eigenvalue weighted by molar-refractivity contribution is 5.50. The van der Waals surface area contributed by atoms with Crippen molar-refractivity contribution in [3.8, 4) is 5.75 Å². The fourth-order valence-corrected chi connectivity index (χ4v) is 1.81. The Hall–Kier alpha value is -1.26. The number of nitrogens with one attached hydrogen (secondary N) is 1. The predicted molar refractivity (Wildman–Crippen MR) is 59.0 cm³/mol. The number of ether oxygens (including phenoxy) is 1. The van der Waals surface area contributed by atoms with Crippen molar-refractivity contribution >= 4 is 5.69 Å². The Kier molecular flexibility index (Phi) is 2.79. The lowest BCUT2D eigenvalue weighted by atomic mass is 9.98. The number of nitrogens with two attached hydrogens (primary N) is 1. The van der Waals surface area contributed by atoms with Crippen molar-refractivity contribution in [3.05, 3.63) is 24.3 Å². The molecule has 0 amide bonds. The first kappa shape index (κ1) is 10.3. The smallest absolute Gasteiger partial charge is 0.117 e. The van der Waals surface area contributed by atoms with E-state index in [1.54, 1.807) is 18.2 Å². The van der Waals surface area contributed by atoms with Crippen LogP contribution < -0.4 is 11.1 Å². The molecule has 1 aromatic carbocycles. The van der Waals surface area contributed by atoms with E-state index in [0.29, 0.717) is 13.2 Å². The molecule has 0 aromatic heterocycles. The monoisotopic (exact) mass is 208 g/mol. The highest BCUT2D eigenvalue weighted by Crippen LogP contribution is 2.25. The zero-order valence-corrected chi connectivity index (χ0v) is 8.57. The summed E-state index contributed by atoms with van der Waals surface area (Å²) in [4.78, 5) is 0. The first-order valence-electron chi connectivity index (χ1n) is 5.09. The Labute approximate surface area is 89.0 Å². The summed E-state index contributed by atoms with van der Waals surface area (Å²) in [5.41, 5.74) is 6.46. The van der Waals surface area contributed by atoms with Crippen molar-refractivity contribution in [1.82, 2.24) is 0 Å². The summed E-state index contributed by atoms with van der Waals surface area (Å²) in [5, 5.41) is 12.7. The molecule has 0 bridgehead atoms. The van der Waals surface area contributed by atoms with E-state index in [0.717, 1.165) is 18.7 Å². The lowest BCUT2D eigenvalue weighted by Crippen LogP contribution is -2.46. The normalized spacial score (nSPS) is 25.4. The third-order valence-electron chi connectivity index (χ3n) is 2.75. The summed E-state index contributed by atoms with van der Waals surface area (Å²) < 4.78 is 5.35. The van der Waals surface area contributed by atoms with Crippen molar-refractivity contribution in [2.75, 3.05) is 25.1 Å². The van der Waals surface area contributed by atoms with E-state index in [-0.39, 0.29) is 11.3 Å². The minimum Gasteiger partial charge on any atom is -0.508 e. The molecular weight excluding hydrogens is 192 g/mol. The van der Waals surface area contributed by atoms with E-state index in [1.807, 2.05) is 6.07 Å². The summed E-state index contributed by atoms with van der Waals surface area (Å²) in [7, 11) is 0. The molecule has 2 rings (SSSR count). The molecule has 15 heavy (non-hydrogen) atoms. The quantitative estimate of drug-likeness (QED) is 0.691. The van der Waals surface area contributed by atoms with Crippen molar-refractivity contribution in [2.24, 2.45) is 5.73 Å². The Morgan fingerprint density at radius 3 is 3.00 bits per heavy atom. The van der Waals surface area contributed by atoms with Crippen molar-refractivity contribution in [2.45, 2.75) is 12.0 Å². The van der Waals surface area contributed by atoms with Gasteiger partial charge in [-0.25, -0.2) is 0 Å². The van der Waals surface area contributed by atoms with Crippen LogP contribution in [0.3, 0.4) is 0 Å². The highest BCUT2D eigenvalue weighted by Gasteiger charge is 2.33. The average Bonchev–Trinajstić information content (AvgIpc) is 2.67. The molecule has 1 heterocycles. The highest BCUT2D eigenvalue weighted by atomic mass is 16.5. The van der Waals surface area contributed by atoms with Gasteiger partial charge in [0.05, 0.1) is 12.1 Å². The summed E-state index contributed by atoms with van der Waals surface area (Å²) in [6, 6.07) is 7.05. The van der Waals surface area contributed by atoms with E-state index in [4.69, 9.17) is 10.5 Å². The first-order valence-corrected chi connectivity index (χ1v) is 5.09. The number of phenols is 1. The molecule has 1 saturated heterocycles. The molecule has 4 heteroatoms. The fourth-order valence-electron chi connectivity index (χ4n) is 1.81. The number of aromatic hydroxyl groups is 1. The predicted octanol–water partition coefficient (Wildman–Crippen LogP) is 0.922. The summed E-state index contributed by atoms with van der Waals surface area (Å²) in [5.74, 6) is 0.256. The van der Waals surface area contributed by atoms with E-state index >= 15 is 0 Å². The van der Waals surface area contributed by atoms with Gasteiger partial charge in [0, 0.05) is 24.9 Å². The van der Waals surface area contributed by atoms with Gasteiger partial charge >= 0.3 is 0 Å².